The minimum atomic E-state index is -0.231. The van der Waals surface area contributed by atoms with Crippen LogP contribution in [0.15, 0.2) is 91.1 Å². The molecule has 0 aliphatic carbocycles. The molecule has 3 N–H and O–H groups in total. The van der Waals surface area contributed by atoms with Gasteiger partial charge in [-0.3, -0.25) is 14.9 Å². The molecule has 1 aliphatic rings. The Labute approximate surface area is 175 Å². The van der Waals surface area contributed by atoms with Crippen LogP contribution in [-0.2, 0) is 0 Å². The molecule has 6 nitrogen and oxygen atoms in total. The van der Waals surface area contributed by atoms with E-state index in [2.05, 4.69) is 16.0 Å². The zero-order valence-electron chi connectivity index (χ0n) is 16.3. The molecule has 0 saturated carbocycles. The quantitative estimate of drug-likeness (QED) is 0.606. The lowest BCUT2D eigenvalue weighted by molar-refractivity contribution is 0.101. The lowest BCUT2D eigenvalue weighted by Crippen LogP contribution is -2.35. The van der Waals surface area contributed by atoms with Crippen molar-refractivity contribution < 1.29 is 9.59 Å². The highest BCUT2D eigenvalue weighted by atomic mass is 16.2. The van der Waals surface area contributed by atoms with E-state index in [1.54, 1.807) is 18.2 Å². The van der Waals surface area contributed by atoms with Crippen molar-refractivity contribution in [3.05, 3.63) is 102 Å². The minimum Gasteiger partial charge on any atom is -0.334 e. The third-order valence-electron chi connectivity index (χ3n) is 4.71. The number of nitrogens with one attached hydrogen (secondary N) is 3. The summed E-state index contributed by atoms with van der Waals surface area (Å²) in [6.07, 6.45) is 3.89. The summed E-state index contributed by atoms with van der Waals surface area (Å²) in [4.78, 5) is 27.6. The zero-order chi connectivity index (χ0) is 20.8. The smallest absolute Gasteiger partial charge is 0.257 e. The first-order valence-electron chi connectivity index (χ1n) is 9.71. The molecule has 0 aromatic heterocycles. The molecule has 0 radical (unpaired) electrons. The molecular weight excluding hydrogens is 376 g/mol. The van der Waals surface area contributed by atoms with Crippen LogP contribution in [0.25, 0.3) is 0 Å². The largest absolute Gasteiger partial charge is 0.334 e. The number of para-hydroxylation sites is 2. The average Bonchev–Trinajstić information content (AvgIpc) is 2.80. The Bertz CT molecular complexity index is 1070. The van der Waals surface area contributed by atoms with E-state index in [1.165, 1.54) is 0 Å². The molecule has 3 aromatic rings. The molecule has 0 bridgehead atoms. The maximum Gasteiger partial charge on any atom is 0.257 e. The van der Waals surface area contributed by atoms with Gasteiger partial charge < -0.3 is 15.5 Å². The van der Waals surface area contributed by atoms with Gasteiger partial charge in [-0.1, -0.05) is 42.5 Å². The van der Waals surface area contributed by atoms with Crippen molar-refractivity contribution in [2.75, 3.05) is 28.7 Å². The first-order chi connectivity index (χ1) is 14.7. The lowest BCUT2D eigenvalue weighted by Gasteiger charge is -2.26. The maximum absolute atomic E-state index is 13.0. The number of carbonyl (C=O) groups excluding carboxylic acids is 2. The van der Waals surface area contributed by atoms with Crippen molar-refractivity contribution in [1.82, 2.24) is 5.32 Å². The van der Waals surface area contributed by atoms with Crippen LogP contribution in [0.2, 0.25) is 0 Å². The Balaban J connectivity index is 1.64. The van der Waals surface area contributed by atoms with Gasteiger partial charge in [0.2, 0.25) is 0 Å². The van der Waals surface area contributed by atoms with Gasteiger partial charge in [0.15, 0.2) is 0 Å². The summed E-state index contributed by atoms with van der Waals surface area (Å²) >= 11 is 0. The standard InChI is InChI=1S/C24H22N4O2/c29-23(26-19-8-3-1-4-9-19)18-12-13-21(22(16-18)28-15-7-14-25-17-28)24(30)27-20-10-5-2-6-11-20/h1-13,15-16,25H,14,17H2,(H,26,29)(H,27,30). The summed E-state index contributed by atoms with van der Waals surface area (Å²) in [7, 11) is 0. The first kappa shape index (κ1) is 19.4. The van der Waals surface area contributed by atoms with E-state index in [-0.39, 0.29) is 11.8 Å². The van der Waals surface area contributed by atoms with E-state index in [9.17, 15) is 9.59 Å². The normalized spacial score (nSPS) is 13.0. The van der Waals surface area contributed by atoms with Crippen molar-refractivity contribution in [3.63, 3.8) is 0 Å². The molecule has 2 amide bonds. The van der Waals surface area contributed by atoms with Crippen molar-refractivity contribution in [2.45, 2.75) is 0 Å². The second-order valence-electron chi connectivity index (χ2n) is 6.84. The third kappa shape index (κ3) is 4.56. The predicted molar refractivity (Wildman–Crippen MR) is 120 cm³/mol. The van der Waals surface area contributed by atoms with E-state index in [1.807, 2.05) is 77.8 Å². The molecule has 0 saturated heterocycles. The molecule has 6 heteroatoms. The Hall–Kier alpha value is -3.90. The molecule has 1 heterocycles. The van der Waals surface area contributed by atoms with Crippen LogP contribution in [0.1, 0.15) is 20.7 Å². The Morgan fingerprint density at radius 1 is 0.800 bits per heavy atom. The van der Waals surface area contributed by atoms with E-state index < -0.39 is 0 Å². The van der Waals surface area contributed by atoms with Crippen LogP contribution in [-0.4, -0.2) is 25.0 Å². The maximum atomic E-state index is 13.0. The fourth-order valence-electron chi connectivity index (χ4n) is 3.21. The van der Waals surface area contributed by atoms with Gasteiger partial charge in [0.1, 0.15) is 0 Å². The number of carbonyl (C=O) groups is 2. The van der Waals surface area contributed by atoms with Gasteiger partial charge in [0.25, 0.3) is 11.8 Å². The predicted octanol–water partition coefficient (Wildman–Crippen LogP) is 4.07. The molecule has 0 spiro atoms. The number of hydrogen-bond donors (Lipinski definition) is 3. The summed E-state index contributed by atoms with van der Waals surface area (Å²) in [6.45, 7) is 1.31. The van der Waals surface area contributed by atoms with Crippen LogP contribution in [0.4, 0.5) is 17.1 Å². The second kappa shape index (κ2) is 9.07. The fourth-order valence-corrected chi connectivity index (χ4v) is 3.21. The van der Waals surface area contributed by atoms with Gasteiger partial charge in [-0.2, -0.15) is 0 Å². The highest BCUT2D eigenvalue weighted by molar-refractivity contribution is 6.11. The van der Waals surface area contributed by atoms with Gasteiger partial charge in [-0.05, 0) is 42.5 Å². The van der Waals surface area contributed by atoms with Crippen LogP contribution < -0.4 is 20.9 Å². The fraction of sp³-hybridized carbons (Fsp3) is 0.0833. The lowest BCUT2D eigenvalue weighted by atomic mass is 10.1. The summed E-state index contributed by atoms with van der Waals surface area (Å²) in [5, 5.41) is 9.05. The van der Waals surface area contributed by atoms with Gasteiger partial charge in [-0.25, -0.2) is 0 Å². The van der Waals surface area contributed by atoms with Crippen molar-refractivity contribution >= 4 is 28.9 Å². The zero-order valence-corrected chi connectivity index (χ0v) is 16.3. The van der Waals surface area contributed by atoms with Crippen LogP contribution in [0, 0.1) is 0 Å². The first-order valence-corrected chi connectivity index (χ1v) is 9.71. The van der Waals surface area contributed by atoms with E-state index in [4.69, 9.17) is 0 Å². The molecule has 150 valence electrons. The molecule has 0 unspecified atom stereocenters. The Morgan fingerprint density at radius 3 is 2.03 bits per heavy atom. The van der Waals surface area contributed by atoms with Crippen molar-refractivity contribution in [2.24, 2.45) is 0 Å². The van der Waals surface area contributed by atoms with E-state index in [0.29, 0.717) is 29.2 Å². The van der Waals surface area contributed by atoms with Gasteiger partial charge >= 0.3 is 0 Å². The monoisotopic (exact) mass is 398 g/mol. The molecule has 30 heavy (non-hydrogen) atoms. The topological polar surface area (TPSA) is 73.5 Å². The number of rotatable bonds is 5. The van der Waals surface area contributed by atoms with Gasteiger partial charge in [0.05, 0.1) is 17.9 Å². The van der Waals surface area contributed by atoms with Crippen LogP contribution >= 0.6 is 0 Å². The number of anilines is 3. The number of benzene rings is 3. The van der Waals surface area contributed by atoms with Crippen LogP contribution in [0.5, 0.6) is 0 Å². The summed E-state index contributed by atoms with van der Waals surface area (Å²) < 4.78 is 0. The molecule has 4 rings (SSSR count). The number of hydrogen-bond acceptors (Lipinski definition) is 4. The number of amides is 2. The minimum absolute atomic E-state index is 0.230. The van der Waals surface area contributed by atoms with E-state index >= 15 is 0 Å². The average molecular weight is 398 g/mol. The molecule has 3 aromatic carbocycles. The highest BCUT2D eigenvalue weighted by Gasteiger charge is 2.19. The van der Waals surface area contributed by atoms with Crippen molar-refractivity contribution in [1.29, 1.82) is 0 Å². The summed E-state index contributed by atoms with van der Waals surface area (Å²) in [6, 6.07) is 23.7. The summed E-state index contributed by atoms with van der Waals surface area (Å²) in [5.74, 6) is -0.461. The second-order valence-corrected chi connectivity index (χ2v) is 6.84. The van der Waals surface area contributed by atoms with Crippen molar-refractivity contribution in [3.8, 4) is 0 Å². The molecule has 0 fully saturated rings. The highest BCUT2D eigenvalue weighted by Crippen LogP contribution is 2.25. The third-order valence-corrected chi connectivity index (χ3v) is 4.71. The Morgan fingerprint density at radius 2 is 1.43 bits per heavy atom. The molecule has 0 atom stereocenters. The molecule has 1 aliphatic heterocycles. The summed E-state index contributed by atoms with van der Waals surface area (Å²) in [5.41, 5.74) is 3.06. The van der Waals surface area contributed by atoms with E-state index in [0.717, 1.165) is 12.2 Å². The molecular formula is C24H22N4O2. The van der Waals surface area contributed by atoms with Gasteiger partial charge in [0, 0.05) is 29.7 Å². The SMILES string of the molecule is O=C(Nc1ccccc1)c1ccc(C(=O)Nc2ccccc2)c(N2C=CCNC2)c1. The Kier molecular flexibility index (Phi) is 5.87. The van der Waals surface area contributed by atoms with Gasteiger partial charge in [-0.15, -0.1) is 0 Å². The number of nitrogens with zero attached hydrogens (tertiary/aromatic N) is 1. The van der Waals surface area contributed by atoms with Crippen LogP contribution in [0.3, 0.4) is 0 Å².